The highest BCUT2D eigenvalue weighted by Gasteiger charge is 2.10. The fraction of sp³-hybridized carbons (Fsp3) is 0.300. The van der Waals surface area contributed by atoms with Crippen molar-refractivity contribution < 1.29 is 9.53 Å². The zero-order valence-corrected chi connectivity index (χ0v) is 7.12. The van der Waals surface area contributed by atoms with Crippen molar-refractivity contribution in [3.8, 4) is 0 Å². The number of ether oxygens (including phenoxy) is 1. The van der Waals surface area contributed by atoms with Gasteiger partial charge in [0, 0.05) is 19.3 Å². The van der Waals surface area contributed by atoms with Gasteiger partial charge in [0.15, 0.2) is 0 Å². The van der Waals surface area contributed by atoms with Crippen LogP contribution in [0.3, 0.4) is 0 Å². The van der Waals surface area contributed by atoms with Gasteiger partial charge in [-0.3, -0.25) is 4.79 Å². The predicted molar refractivity (Wildman–Crippen MR) is 47.3 cm³/mol. The second-order valence-corrected chi connectivity index (χ2v) is 2.72. The molecule has 0 fully saturated rings. The Hall–Kier alpha value is -1.31. The molecule has 1 atom stereocenters. The Balaban J connectivity index is 2.56. The molecule has 1 aliphatic rings. The molecule has 12 heavy (non-hydrogen) atoms. The zero-order chi connectivity index (χ0) is 8.97. The Morgan fingerprint density at radius 3 is 3.17 bits per heavy atom. The largest absolute Gasteiger partial charge is 0.431 e. The van der Waals surface area contributed by atoms with Crippen molar-refractivity contribution in [1.29, 1.82) is 0 Å². The van der Waals surface area contributed by atoms with E-state index in [9.17, 15) is 4.79 Å². The fourth-order valence-corrected chi connectivity index (χ4v) is 1.10. The maximum atomic E-state index is 10.6. The third kappa shape index (κ3) is 2.38. The molecule has 64 valence electrons. The van der Waals surface area contributed by atoms with E-state index in [-0.39, 0.29) is 5.97 Å². The Labute approximate surface area is 72.2 Å². The van der Waals surface area contributed by atoms with Crippen molar-refractivity contribution in [2.75, 3.05) is 0 Å². The highest BCUT2D eigenvalue weighted by atomic mass is 16.5. The quantitative estimate of drug-likeness (QED) is 0.462. The maximum Gasteiger partial charge on any atom is 0.307 e. The molecule has 0 N–H and O–H groups in total. The van der Waals surface area contributed by atoms with E-state index in [4.69, 9.17) is 4.74 Å². The number of allylic oxidation sites excluding steroid dienone is 5. The van der Waals surface area contributed by atoms with Crippen LogP contribution in [-0.4, -0.2) is 5.97 Å². The van der Waals surface area contributed by atoms with Crippen molar-refractivity contribution in [3.05, 3.63) is 36.6 Å². The van der Waals surface area contributed by atoms with E-state index in [0.717, 1.165) is 12.2 Å². The van der Waals surface area contributed by atoms with E-state index in [1.54, 1.807) is 6.08 Å². The summed E-state index contributed by atoms with van der Waals surface area (Å²) in [7, 11) is 0. The lowest BCUT2D eigenvalue weighted by molar-refractivity contribution is -0.137. The number of carbonyl (C=O) groups is 1. The molecule has 0 amide bonds. The van der Waals surface area contributed by atoms with Gasteiger partial charge in [0.25, 0.3) is 0 Å². The average Bonchev–Trinajstić information content (AvgIpc) is 2.03. The summed E-state index contributed by atoms with van der Waals surface area (Å²) < 4.78 is 4.95. The van der Waals surface area contributed by atoms with Crippen LogP contribution in [-0.2, 0) is 9.53 Å². The summed E-state index contributed by atoms with van der Waals surface area (Å²) in [4.78, 5) is 10.6. The van der Waals surface area contributed by atoms with Gasteiger partial charge in [-0.25, -0.2) is 0 Å². The third-order valence-electron chi connectivity index (χ3n) is 1.65. The highest BCUT2D eigenvalue weighted by molar-refractivity contribution is 5.67. The molecule has 1 aliphatic carbocycles. The van der Waals surface area contributed by atoms with E-state index >= 15 is 0 Å². The molecule has 1 rings (SSSR count). The molecule has 0 bridgehead atoms. The zero-order valence-electron chi connectivity index (χ0n) is 7.12. The molecule has 0 aromatic heterocycles. The summed E-state index contributed by atoms with van der Waals surface area (Å²) in [5.74, 6) is 0.749. The van der Waals surface area contributed by atoms with Gasteiger partial charge in [0.2, 0.25) is 0 Å². The molecule has 0 aromatic carbocycles. The van der Waals surface area contributed by atoms with Gasteiger partial charge in [-0.1, -0.05) is 18.2 Å². The molecule has 0 saturated carbocycles. The Bertz CT molecular complexity index is 249. The summed E-state index contributed by atoms with van der Waals surface area (Å²) in [6, 6.07) is 0. The first-order valence-corrected chi connectivity index (χ1v) is 3.90. The molecule has 0 saturated heterocycles. The molecule has 0 radical (unpaired) electrons. The van der Waals surface area contributed by atoms with E-state index in [1.165, 1.54) is 6.92 Å². The van der Waals surface area contributed by atoms with Crippen LogP contribution < -0.4 is 0 Å². The van der Waals surface area contributed by atoms with E-state index in [2.05, 4.69) is 6.58 Å². The first-order valence-electron chi connectivity index (χ1n) is 3.90. The van der Waals surface area contributed by atoms with Gasteiger partial charge in [0.05, 0.1) is 0 Å². The SMILES string of the molecule is C=CC1C=CC=C(OC(C)=O)C1. The standard InChI is InChI=1S/C10H12O2/c1-3-9-5-4-6-10(7-9)12-8(2)11/h3-6,9H,1,7H2,2H3. The summed E-state index contributed by atoms with van der Waals surface area (Å²) >= 11 is 0. The van der Waals surface area contributed by atoms with Gasteiger partial charge >= 0.3 is 5.97 Å². The minimum absolute atomic E-state index is 0.264. The third-order valence-corrected chi connectivity index (χ3v) is 1.65. The monoisotopic (exact) mass is 164 g/mol. The van der Waals surface area contributed by atoms with Crippen LogP contribution in [0.1, 0.15) is 13.3 Å². The van der Waals surface area contributed by atoms with Crippen molar-refractivity contribution in [2.45, 2.75) is 13.3 Å². The lowest BCUT2D eigenvalue weighted by Gasteiger charge is -2.13. The number of esters is 1. The van der Waals surface area contributed by atoms with Gasteiger partial charge in [-0.15, -0.1) is 6.58 Å². The number of carbonyl (C=O) groups excluding carboxylic acids is 1. The Kier molecular flexibility index (Phi) is 2.86. The van der Waals surface area contributed by atoms with Gasteiger partial charge in [-0.2, -0.15) is 0 Å². The van der Waals surface area contributed by atoms with Crippen molar-refractivity contribution >= 4 is 5.97 Å². The Morgan fingerprint density at radius 2 is 2.58 bits per heavy atom. The van der Waals surface area contributed by atoms with Gasteiger partial charge in [-0.05, 0) is 6.08 Å². The van der Waals surface area contributed by atoms with Crippen LogP contribution >= 0.6 is 0 Å². The maximum absolute atomic E-state index is 10.6. The lowest BCUT2D eigenvalue weighted by atomic mass is 10.00. The van der Waals surface area contributed by atoms with Crippen LogP contribution in [0, 0.1) is 5.92 Å². The summed E-state index contributed by atoms with van der Waals surface area (Å²) in [6.07, 6.45) is 8.29. The molecule has 0 heterocycles. The first-order chi connectivity index (χ1) is 5.72. The number of hydrogen-bond acceptors (Lipinski definition) is 2. The molecular weight excluding hydrogens is 152 g/mol. The number of rotatable bonds is 2. The highest BCUT2D eigenvalue weighted by Crippen LogP contribution is 2.19. The van der Waals surface area contributed by atoms with Crippen LogP contribution in [0.25, 0.3) is 0 Å². The fourth-order valence-electron chi connectivity index (χ4n) is 1.10. The summed E-state index contributed by atoms with van der Waals surface area (Å²) in [6.45, 7) is 5.08. The molecule has 0 aromatic rings. The number of hydrogen-bond donors (Lipinski definition) is 0. The van der Waals surface area contributed by atoms with Crippen LogP contribution in [0.15, 0.2) is 36.6 Å². The molecule has 0 aliphatic heterocycles. The Morgan fingerprint density at radius 1 is 1.83 bits per heavy atom. The molecule has 1 unspecified atom stereocenters. The van der Waals surface area contributed by atoms with E-state index < -0.39 is 0 Å². The summed E-state index contributed by atoms with van der Waals surface area (Å²) in [5.41, 5.74) is 0. The van der Waals surface area contributed by atoms with Crippen molar-refractivity contribution in [3.63, 3.8) is 0 Å². The minimum Gasteiger partial charge on any atom is -0.431 e. The normalized spacial score (nSPS) is 21.4. The van der Waals surface area contributed by atoms with E-state index in [1.807, 2.05) is 18.2 Å². The second-order valence-electron chi connectivity index (χ2n) is 2.72. The first kappa shape index (κ1) is 8.78. The molecule has 0 spiro atoms. The minimum atomic E-state index is -0.264. The summed E-state index contributed by atoms with van der Waals surface area (Å²) in [5, 5.41) is 0. The smallest absolute Gasteiger partial charge is 0.307 e. The predicted octanol–water partition coefficient (Wildman–Crippen LogP) is 2.20. The average molecular weight is 164 g/mol. The van der Waals surface area contributed by atoms with Crippen molar-refractivity contribution in [1.82, 2.24) is 0 Å². The van der Waals surface area contributed by atoms with Crippen LogP contribution in [0.5, 0.6) is 0 Å². The molecular formula is C10H12O2. The van der Waals surface area contributed by atoms with Gasteiger partial charge < -0.3 is 4.74 Å². The lowest BCUT2D eigenvalue weighted by Crippen LogP contribution is -2.05. The van der Waals surface area contributed by atoms with Crippen LogP contribution in [0.2, 0.25) is 0 Å². The molecule has 2 nitrogen and oxygen atoms in total. The van der Waals surface area contributed by atoms with E-state index in [0.29, 0.717) is 5.92 Å². The van der Waals surface area contributed by atoms with Crippen molar-refractivity contribution in [2.24, 2.45) is 5.92 Å². The van der Waals surface area contributed by atoms with Crippen LogP contribution in [0.4, 0.5) is 0 Å². The molecule has 2 heteroatoms. The topological polar surface area (TPSA) is 26.3 Å². The van der Waals surface area contributed by atoms with Gasteiger partial charge in [0.1, 0.15) is 5.76 Å². The second kappa shape index (κ2) is 3.90.